The minimum atomic E-state index is -3.34. The summed E-state index contributed by atoms with van der Waals surface area (Å²) >= 11 is 0. The summed E-state index contributed by atoms with van der Waals surface area (Å²) in [5.41, 5.74) is 2.56. The highest BCUT2D eigenvalue weighted by atomic mass is 32.2. The average Bonchev–Trinajstić information content (AvgIpc) is 2.42. The van der Waals surface area contributed by atoms with Crippen LogP contribution in [0.2, 0.25) is 0 Å². The molecular formula is C15H18N2O2S. The number of sulfonamides is 1. The molecule has 1 heterocycles. The second-order valence-electron chi connectivity index (χ2n) is 4.76. The minimum absolute atomic E-state index is 0.0169. The van der Waals surface area contributed by atoms with Crippen molar-refractivity contribution in [3.05, 3.63) is 65.5 Å². The lowest BCUT2D eigenvalue weighted by Gasteiger charge is -2.17. The summed E-state index contributed by atoms with van der Waals surface area (Å²) in [7, 11) is -1.76. The number of benzene rings is 1. The Morgan fingerprint density at radius 3 is 2.45 bits per heavy atom. The Morgan fingerprint density at radius 1 is 1.10 bits per heavy atom. The first-order valence-corrected chi connectivity index (χ1v) is 7.98. The van der Waals surface area contributed by atoms with Crippen molar-refractivity contribution in [2.45, 2.75) is 19.2 Å². The summed E-state index contributed by atoms with van der Waals surface area (Å²) in [6.07, 6.45) is 1.66. The van der Waals surface area contributed by atoms with Crippen LogP contribution in [0.15, 0.2) is 48.7 Å². The number of pyridine rings is 1. The largest absolute Gasteiger partial charge is 0.260 e. The van der Waals surface area contributed by atoms with Crippen LogP contribution in [0.5, 0.6) is 0 Å². The van der Waals surface area contributed by atoms with E-state index in [-0.39, 0.29) is 12.3 Å². The lowest BCUT2D eigenvalue weighted by molar-refractivity contribution is 0.461. The van der Waals surface area contributed by atoms with Gasteiger partial charge in [0.15, 0.2) is 0 Å². The number of aryl methyl sites for hydroxylation is 1. The van der Waals surface area contributed by atoms with Gasteiger partial charge in [-0.25, -0.2) is 8.42 Å². The molecule has 0 unspecified atom stereocenters. The van der Waals surface area contributed by atoms with Gasteiger partial charge in [-0.2, -0.15) is 4.31 Å². The molecule has 0 aliphatic heterocycles. The molecule has 2 aromatic rings. The fourth-order valence-corrected chi connectivity index (χ4v) is 3.16. The van der Waals surface area contributed by atoms with Crippen molar-refractivity contribution in [1.29, 1.82) is 0 Å². The van der Waals surface area contributed by atoms with Gasteiger partial charge in [0.05, 0.1) is 18.0 Å². The summed E-state index contributed by atoms with van der Waals surface area (Å²) in [6, 6.07) is 13.0. The van der Waals surface area contributed by atoms with Crippen LogP contribution in [0.4, 0.5) is 0 Å². The average molecular weight is 290 g/mol. The Kier molecular flexibility index (Phi) is 4.52. The highest BCUT2D eigenvalue weighted by molar-refractivity contribution is 7.88. The van der Waals surface area contributed by atoms with Crippen LogP contribution in [-0.4, -0.2) is 24.8 Å². The van der Waals surface area contributed by atoms with Gasteiger partial charge in [-0.1, -0.05) is 30.3 Å². The first-order valence-electron chi connectivity index (χ1n) is 6.37. The first kappa shape index (κ1) is 14.7. The van der Waals surface area contributed by atoms with Crippen LogP contribution in [0, 0.1) is 6.92 Å². The monoisotopic (exact) mass is 290 g/mol. The zero-order chi connectivity index (χ0) is 14.6. The molecule has 0 saturated carbocycles. The molecule has 0 aliphatic rings. The predicted molar refractivity (Wildman–Crippen MR) is 79.5 cm³/mol. The van der Waals surface area contributed by atoms with Crippen LogP contribution in [0.3, 0.4) is 0 Å². The van der Waals surface area contributed by atoms with Crippen LogP contribution in [0.25, 0.3) is 0 Å². The Balaban J connectivity index is 2.12. The zero-order valence-corrected chi connectivity index (χ0v) is 12.5. The molecule has 0 bridgehead atoms. The van der Waals surface area contributed by atoms with Gasteiger partial charge in [-0.05, 0) is 30.2 Å². The van der Waals surface area contributed by atoms with Crippen molar-refractivity contribution in [2.24, 2.45) is 0 Å². The Labute approximate surface area is 120 Å². The number of nitrogens with zero attached hydrogens (tertiary/aromatic N) is 2. The van der Waals surface area contributed by atoms with E-state index in [1.54, 1.807) is 13.2 Å². The highest BCUT2D eigenvalue weighted by Gasteiger charge is 2.19. The third-order valence-corrected chi connectivity index (χ3v) is 4.94. The quantitative estimate of drug-likeness (QED) is 0.849. The second kappa shape index (κ2) is 6.15. The molecule has 1 aromatic heterocycles. The molecule has 4 nitrogen and oxygen atoms in total. The van der Waals surface area contributed by atoms with E-state index in [1.165, 1.54) is 4.31 Å². The van der Waals surface area contributed by atoms with Crippen LogP contribution >= 0.6 is 0 Å². The molecule has 0 atom stereocenters. The van der Waals surface area contributed by atoms with Gasteiger partial charge in [-0.3, -0.25) is 4.98 Å². The fraction of sp³-hybridized carbons (Fsp3) is 0.267. The van der Waals surface area contributed by atoms with Gasteiger partial charge < -0.3 is 0 Å². The van der Waals surface area contributed by atoms with E-state index in [1.807, 2.05) is 49.4 Å². The maximum Gasteiger partial charge on any atom is 0.218 e. The van der Waals surface area contributed by atoms with E-state index in [4.69, 9.17) is 0 Å². The van der Waals surface area contributed by atoms with Crippen LogP contribution < -0.4 is 0 Å². The molecule has 0 N–H and O–H groups in total. The van der Waals surface area contributed by atoms with Gasteiger partial charge in [0, 0.05) is 13.2 Å². The standard InChI is InChI=1S/C15H18N2O2S/c1-13-7-3-4-8-14(13)12-20(18,19)17(2)11-15-9-5-6-10-16-15/h3-10H,11-12H2,1-2H3. The molecule has 106 valence electrons. The van der Waals surface area contributed by atoms with E-state index in [0.29, 0.717) is 0 Å². The number of hydrogen-bond acceptors (Lipinski definition) is 3. The van der Waals surface area contributed by atoms with E-state index in [9.17, 15) is 8.42 Å². The number of hydrogen-bond donors (Lipinski definition) is 0. The molecule has 5 heteroatoms. The fourth-order valence-electron chi connectivity index (χ4n) is 1.90. The molecule has 0 aliphatic carbocycles. The topological polar surface area (TPSA) is 50.3 Å². The molecule has 0 saturated heterocycles. The van der Waals surface area contributed by atoms with Crippen molar-refractivity contribution < 1.29 is 8.42 Å². The normalized spacial score (nSPS) is 11.8. The van der Waals surface area contributed by atoms with Crippen molar-refractivity contribution in [1.82, 2.24) is 9.29 Å². The minimum Gasteiger partial charge on any atom is -0.260 e. The Morgan fingerprint density at radius 2 is 1.80 bits per heavy atom. The summed E-state index contributed by atoms with van der Waals surface area (Å²) < 4.78 is 26.1. The molecule has 20 heavy (non-hydrogen) atoms. The molecule has 0 radical (unpaired) electrons. The van der Waals surface area contributed by atoms with E-state index >= 15 is 0 Å². The van der Waals surface area contributed by atoms with E-state index < -0.39 is 10.0 Å². The first-order chi connectivity index (χ1) is 9.49. The SMILES string of the molecule is Cc1ccccc1CS(=O)(=O)N(C)Cc1ccccn1. The van der Waals surface area contributed by atoms with Gasteiger partial charge in [-0.15, -0.1) is 0 Å². The highest BCUT2D eigenvalue weighted by Crippen LogP contribution is 2.15. The van der Waals surface area contributed by atoms with Crippen LogP contribution in [0.1, 0.15) is 16.8 Å². The lowest BCUT2D eigenvalue weighted by atomic mass is 10.1. The maximum atomic E-state index is 12.4. The van der Waals surface area contributed by atoms with Gasteiger partial charge in [0.1, 0.15) is 0 Å². The molecule has 0 amide bonds. The summed E-state index contributed by atoms with van der Waals surface area (Å²) in [5, 5.41) is 0. The van der Waals surface area contributed by atoms with Crippen molar-refractivity contribution >= 4 is 10.0 Å². The Hall–Kier alpha value is -1.72. The van der Waals surface area contributed by atoms with Gasteiger partial charge in [0.2, 0.25) is 10.0 Å². The number of rotatable bonds is 5. The molecular weight excluding hydrogens is 272 g/mol. The van der Waals surface area contributed by atoms with Crippen molar-refractivity contribution in [2.75, 3.05) is 7.05 Å². The lowest BCUT2D eigenvalue weighted by Crippen LogP contribution is -2.28. The predicted octanol–water partition coefficient (Wildman–Crippen LogP) is 2.35. The van der Waals surface area contributed by atoms with E-state index in [0.717, 1.165) is 16.8 Å². The molecule has 2 rings (SSSR count). The Bertz CT molecular complexity index is 669. The zero-order valence-electron chi connectivity index (χ0n) is 11.7. The van der Waals surface area contributed by atoms with Crippen molar-refractivity contribution in [3.63, 3.8) is 0 Å². The smallest absolute Gasteiger partial charge is 0.218 e. The molecule has 1 aromatic carbocycles. The van der Waals surface area contributed by atoms with Gasteiger partial charge in [0.25, 0.3) is 0 Å². The third kappa shape index (κ3) is 3.65. The number of aromatic nitrogens is 1. The summed E-state index contributed by atoms with van der Waals surface area (Å²) in [5.74, 6) is 0.0169. The maximum absolute atomic E-state index is 12.4. The molecule has 0 fully saturated rings. The summed E-state index contributed by atoms with van der Waals surface area (Å²) in [4.78, 5) is 4.15. The van der Waals surface area contributed by atoms with E-state index in [2.05, 4.69) is 4.98 Å². The second-order valence-corrected chi connectivity index (χ2v) is 6.84. The molecule has 0 spiro atoms. The third-order valence-electron chi connectivity index (χ3n) is 3.18. The van der Waals surface area contributed by atoms with Crippen molar-refractivity contribution in [3.8, 4) is 0 Å². The summed E-state index contributed by atoms with van der Waals surface area (Å²) in [6.45, 7) is 2.21. The van der Waals surface area contributed by atoms with Gasteiger partial charge >= 0.3 is 0 Å². The van der Waals surface area contributed by atoms with Crippen LogP contribution in [-0.2, 0) is 22.3 Å².